The smallest absolute Gasteiger partial charge is 0.364 e. The van der Waals surface area contributed by atoms with Gasteiger partial charge in [0.1, 0.15) is 0 Å². The Morgan fingerprint density at radius 3 is 2.45 bits per heavy atom. The minimum Gasteiger partial charge on any atom is -0.476 e. The molecule has 1 rings (SSSR count). The summed E-state index contributed by atoms with van der Waals surface area (Å²) in [5.41, 5.74) is 0.104. The standard InChI is InChI=1S/C8H11FO2/c1-8(2)4-5(8)3-6(9)7(10)11/h3,5H,4H2,1-2H3,(H,10,11). The summed E-state index contributed by atoms with van der Waals surface area (Å²) in [6.45, 7) is 3.98. The highest BCUT2D eigenvalue weighted by atomic mass is 19.1. The molecule has 0 amide bonds. The van der Waals surface area contributed by atoms with Crippen molar-refractivity contribution >= 4 is 5.97 Å². The zero-order valence-corrected chi connectivity index (χ0v) is 6.60. The van der Waals surface area contributed by atoms with Crippen molar-refractivity contribution in [3.8, 4) is 0 Å². The Kier molecular flexibility index (Phi) is 1.74. The van der Waals surface area contributed by atoms with E-state index in [1.54, 1.807) is 0 Å². The van der Waals surface area contributed by atoms with Crippen LogP contribution in [0.1, 0.15) is 20.3 Å². The van der Waals surface area contributed by atoms with E-state index in [1.165, 1.54) is 6.08 Å². The average Bonchev–Trinajstić information content (AvgIpc) is 2.39. The largest absolute Gasteiger partial charge is 0.476 e. The van der Waals surface area contributed by atoms with E-state index >= 15 is 0 Å². The summed E-state index contributed by atoms with van der Waals surface area (Å²) in [5.74, 6) is -2.38. The molecule has 1 fully saturated rings. The van der Waals surface area contributed by atoms with Gasteiger partial charge in [-0.1, -0.05) is 13.8 Å². The number of hydrogen-bond acceptors (Lipinski definition) is 1. The Hall–Kier alpha value is -0.860. The number of carboxylic acid groups (broad SMARTS) is 1. The van der Waals surface area contributed by atoms with Crippen LogP contribution in [0.3, 0.4) is 0 Å². The zero-order valence-electron chi connectivity index (χ0n) is 6.60. The molecule has 1 N–H and O–H groups in total. The molecule has 1 atom stereocenters. The number of hydrogen-bond donors (Lipinski definition) is 1. The summed E-state index contributed by atoms with van der Waals surface area (Å²) in [6.07, 6.45) is 2.08. The van der Waals surface area contributed by atoms with Gasteiger partial charge in [0.05, 0.1) is 0 Å². The molecule has 0 saturated heterocycles. The Labute approximate surface area is 64.7 Å². The lowest BCUT2D eigenvalue weighted by Crippen LogP contribution is -1.96. The molecule has 1 saturated carbocycles. The van der Waals surface area contributed by atoms with E-state index in [0.29, 0.717) is 0 Å². The molecule has 11 heavy (non-hydrogen) atoms. The molecule has 1 aliphatic rings. The summed E-state index contributed by atoms with van der Waals surface area (Å²) in [4.78, 5) is 10.0. The summed E-state index contributed by atoms with van der Waals surface area (Å²) >= 11 is 0. The molecule has 0 aromatic rings. The molecule has 0 aliphatic heterocycles. The minimum absolute atomic E-state index is 0.104. The quantitative estimate of drug-likeness (QED) is 0.624. The molecular weight excluding hydrogens is 147 g/mol. The number of rotatable bonds is 2. The molecule has 0 bridgehead atoms. The first-order chi connectivity index (χ1) is 4.93. The predicted octanol–water partition coefficient (Wildman–Crippen LogP) is 1.97. The van der Waals surface area contributed by atoms with Crippen molar-refractivity contribution in [1.82, 2.24) is 0 Å². The third-order valence-corrected chi connectivity index (χ3v) is 2.14. The van der Waals surface area contributed by atoms with Crippen LogP contribution in [-0.2, 0) is 4.79 Å². The second-order valence-electron chi connectivity index (χ2n) is 3.62. The van der Waals surface area contributed by atoms with Crippen LogP contribution >= 0.6 is 0 Å². The highest BCUT2D eigenvalue weighted by molar-refractivity contribution is 5.84. The van der Waals surface area contributed by atoms with E-state index in [2.05, 4.69) is 0 Å². The molecule has 0 radical (unpaired) electrons. The Balaban J connectivity index is 2.55. The van der Waals surface area contributed by atoms with Crippen LogP contribution in [0.2, 0.25) is 0 Å². The summed E-state index contributed by atoms with van der Waals surface area (Å²) in [6, 6.07) is 0. The molecule has 62 valence electrons. The maximum absolute atomic E-state index is 12.4. The molecular formula is C8H11FO2. The average molecular weight is 158 g/mol. The lowest BCUT2D eigenvalue weighted by Gasteiger charge is -1.95. The molecule has 2 nitrogen and oxygen atoms in total. The van der Waals surface area contributed by atoms with Crippen molar-refractivity contribution in [2.45, 2.75) is 20.3 Å². The number of allylic oxidation sites excluding steroid dienone is 1. The zero-order chi connectivity index (χ0) is 8.65. The van der Waals surface area contributed by atoms with Crippen LogP contribution in [0.4, 0.5) is 4.39 Å². The highest BCUT2D eigenvalue weighted by Gasteiger charge is 2.44. The summed E-state index contributed by atoms with van der Waals surface area (Å²) in [7, 11) is 0. The van der Waals surface area contributed by atoms with Gasteiger partial charge in [0.15, 0.2) is 0 Å². The van der Waals surface area contributed by atoms with Gasteiger partial charge in [-0.2, -0.15) is 4.39 Å². The van der Waals surface area contributed by atoms with Crippen LogP contribution in [0.5, 0.6) is 0 Å². The van der Waals surface area contributed by atoms with Gasteiger partial charge in [-0.25, -0.2) is 4.79 Å². The number of aliphatic carboxylic acids is 1. The SMILES string of the molecule is CC1(C)CC1C=C(F)C(=O)O. The van der Waals surface area contributed by atoms with E-state index in [-0.39, 0.29) is 11.3 Å². The highest BCUT2D eigenvalue weighted by Crippen LogP contribution is 2.52. The molecule has 0 aromatic carbocycles. The lowest BCUT2D eigenvalue weighted by atomic mass is 10.1. The molecule has 0 aromatic heterocycles. The van der Waals surface area contributed by atoms with E-state index < -0.39 is 11.8 Å². The molecule has 0 heterocycles. The maximum Gasteiger partial charge on any atom is 0.364 e. The molecule has 1 aliphatic carbocycles. The number of carboxylic acids is 1. The third-order valence-electron chi connectivity index (χ3n) is 2.14. The van der Waals surface area contributed by atoms with Crippen LogP contribution < -0.4 is 0 Å². The van der Waals surface area contributed by atoms with Gasteiger partial charge in [0, 0.05) is 0 Å². The van der Waals surface area contributed by atoms with Gasteiger partial charge in [-0.3, -0.25) is 0 Å². The second kappa shape index (κ2) is 2.32. The van der Waals surface area contributed by atoms with Gasteiger partial charge >= 0.3 is 5.97 Å². The first kappa shape index (κ1) is 8.24. The fourth-order valence-corrected chi connectivity index (χ4v) is 1.04. The van der Waals surface area contributed by atoms with E-state index in [9.17, 15) is 9.18 Å². The van der Waals surface area contributed by atoms with Crippen molar-refractivity contribution in [3.05, 3.63) is 11.9 Å². The third kappa shape index (κ3) is 1.79. The molecule has 3 heteroatoms. The van der Waals surface area contributed by atoms with Crippen LogP contribution in [0.25, 0.3) is 0 Å². The monoisotopic (exact) mass is 158 g/mol. The minimum atomic E-state index is -1.47. The molecule has 1 unspecified atom stereocenters. The normalized spacial score (nSPS) is 28.3. The van der Waals surface area contributed by atoms with Crippen molar-refractivity contribution in [1.29, 1.82) is 0 Å². The van der Waals surface area contributed by atoms with Crippen molar-refractivity contribution in [3.63, 3.8) is 0 Å². The van der Waals surface area contributed by atoms with Gasteiger partial charge in [0.25, 0.3) is 0 Å². The Morgan fingerprint density at radius 1 is 1.73 bits per heavy atom. The van der Waals surface area contributed by atoms with E-state index in [1.807, 2.05) is 13.8 Å². The summed E-state index contributed by atoms with van der Waals surface area (Å²) in [5, 5.41) is 8.19. The van der Waals surface area contributed by atoms with Crippen LogP contribution in [0.15, 0.2) is 11.9 Å². The lowest BCUT2D eigenvalue weighted by molar-refractivity contribution is -0.134. The Morgan fingerprint density at radius 2 is 2.18 bits per heavy atom. The number of carbonyl (C=O) groups is 1. The van der Waals surface area contributed by atoms with E-state index in [4.69, 9.17) is 5.11 Å². The topological polar surface area (TPSA) is 37.3 Å². The van der Waals surface area contributed by atoms with Crippen LogP contribution in [0, 0.1) is 11.3 Å². The van der Waals surface area contributed by atoms with Crippen molar-refractivity contribution in [2.75, 3.05) is 0 Å². The van der Waals surface area contributed by atoms with Crippen LogP contribution in [-0.4, -0.2) is 11.1 Å². The van der Waals surface area contributed by atoms with Crippen molar-refractivity contribution in [2.24, 2.45) is 11.3 Å². The first-order valence-corrected chi connectivity index (χ1v) is 3.54. The van der Waals surface area contributed by atoms with Gasteiger partial charge in [-0.15, -0.1) is 0 Å². The maximum atomic E-state index is 12.4. The van der Waals surface area contributed by atoms with E-state index in [0.717, 1.165) is 6.42 Å². The predicted molar refractivity (Wildman–Crippen MR) is 38.7 cm³/mol. The summed E-state index contributed by atoms with van der Waals surface area (Å²) < 4.78 is 12.4. The van der Waals surface area contributed by atoms with Gasteiger partial charge < -0.3 is 5.11 Å². The second-order valence-corrected chi connectivity index (χ2v) is 3.62. The Bertz CT molecular complexity index is 218. The fraction of sp³-hybridized carbons (Fsp3) is 0.625. The number of halogens is 1. The van der Waals surface area contributed by atoms with Gasteiger partial charge in [-0.05, 0) is 23.8 Å². The van der Waals surface area contributed by atoms with Gasteiger partial charge in [0.2, 0.25) is 5.83 Å². The first-order valence-electron chi connectivity index (χ1n) is 3.54. The van der Waals surface area contributed by atoms with Crippen molar-refractivity contribution < 1.29 is 14.3 Å². The fourth-order valence-electron chi connectivity index (χ4n) is 1.04. The molecule has 0 spiro atoms.